The molecule has 0 aliphatic carbocycles. The van der Waals surface area contributed by atoms with E-state index < -0.39 is 11.9 Å². The minimum absolute atomic E-state index is 0.0872. The summed E-state index contributed by atoms with van der Waals surface area (Å²) in [6.45, 7) is 1.31. The summed E-state index contributed by atoms with van der Waals surface area (Å²) in [5.41, 5.74) is -0.215. The molecule has 0 radical (unpaired) electrons. The van der Waals surface area contributed by atoms with Gasteiger partial charge in [-0.05, 0) is 12.1 Å². The molecule has 0 bridgehead atoms. The molecule has 3 heterocycles. The van der Waals surface area contributed by atoms with E-state index >= 15 is 0 Å². The van der Waals surface area contributed by atoms with Crippen LogP contribution in [0.15, 0.2) is 29.0 Å². The van der Waals surface area contributed by atoms with Crippen LogP contribution in [0.3, 0.4) is 0 Å². The van der Waals surface area contributed by atoms with Crippen molar-refractivity contribution in [2.75, 3.05) is 26.2 Å². The number of aromatic carboxylic acids is 1. The van der Waals surface area contributed by atoms with Crippen LogP contribution in [-0.2, 0) is 7.05 Å². The smallest absolute Gasteiger partial charge is 0.339 e. The highest BCUT2D eigenvalue weighted by Crippen LogP contribution is 2.14. The van der Waals surface area contributed by atoms with Crippen LogP contribution in [0.25, 0.3) is 0 Å². The Hall–Kier alpha value is -3.10. The molecular formula is C15H16N4O5. The van der Waals surface area contributed by atoms with Crippen LogP contribution in [-0.4, -0.2) is 68.6 Å². The Bertz CT molecular complexity index is 772. The molecule has 3 rings (SSSR count). The molecule has 24 heavy (non-hydrogen) atoms. The van der Waals surface area contributed by atoms with E-state index in [1.54, 1.807) is 24.1 Å². The van der Waals surface area contributed by atoms with Gasteiger partial charge in [-0.2, -0.15) is 5.10 Å². The third-order valence-electron chi connectivity index (χ3n) is 3.85. The molecule has 9 heteroatoms. The summed E-state index contributed by atoms with van der Waals surface area (Å²) in [5.74, 6) is -1.61. The van der Waals surface area contributed by atoms with E-state index in [-0.39, 0.29) is 22.9 Å². The summed E-state index contributed by atoms with van der Waals surface area (Å²) in [4.78, 5) is 39.0. The molecule has 0 aromatic carbocycles. The van der Waals surface area contributed by atoms with Crippen LogP contribution in [0, 0.1) is 0 Å². The van der Waals surface area contributed by atoms with Gasteiger partial charge >= 0.3 is 5.97 Å². The van der Waals surface area contributed by atoms with Crippen molar-refractivity contribution in [3.8, 4) is 0 Å². The second kappa shape index (κ2) is 6.19. The molecular weight excluding hydrogens is 316 g/mol. The van der Waals surface area contributed by atoms with Crippen molar-refractivity contribution in [2.24, 2.45) is 7.05 Å². The van der Waals surface area contributed by atoms with Crippen LogP contribution in [0.2, 0.25) is 0 Å². The molecule has 1 saturated heterocycles. The van der Waals surface area contributed by atoms with Crippen molar-refractivity contribution >= 4 is 17.8 Å². The summed E-state index contributed by atoms with van der Waals surface area (Å²) in [5, 5.41) is 13.1. The summed E-state index contributed by atoms with van der Waals surface area (Å²) in [6, 6.07) is 3.23. The minimum atomic E-state index is -1.20. The zero-order valence-electron chi connectivity index (χ0n) is 13.0. The second-order valence-corrected chi connectivity index (χ2v) is 5.43. The highest BCUT2D eigenvalue weighted by Gasteiger charge is 2.30. The van der Waals surface area contributed by atoms with Gasteiger partial charge in [-0.1, -0.05) is 0 Å². The molecule has 1 aliphatic heterocycles. The predicted octanol–water partition coefficient (Wildman–Crippen LogP) is 0.309. The average Bonchev–Trinajstić information content (AvgIpc) is 3.23. The molecule has 2 aromatic rings. The van der Waals surface area contributed by atoms with Crippen LogP contribution in [0.1, 0.15) is 31.4 Å². The van der Waals surface area contributed by atoms with Crippen molar-refractivity contribution in [2.45, 2.75) is 0 Å². The first kappa shape index (κ1) is 15.8. The lowest BCUT2D eigenvalue weighted by Crippen LogP contribution is -2.50. The first-order valence-corrected chi connectivity index (χ1v) is 7.36. The lowest BCUT2D eigenvalue weighted by molar-refractivity contribution is 0.0512. The van der Waals surface area contributed by atoms with Gasteiger partial charge in [-0.15, -0.1) is 0 Å². The second-order valence-electron chi connectivity index (χ2n) is 5.43. The van der Waals surface area contributed by atoms with Gasteiger partial charge in [0.25, 0.3) is 11.8 Å². The van der Waals surface area contributed by atoms with E-state index in [0.29, 0.717) is 26.2 Å². The van der Waals surface area contributed by atoms with Gasteiger partial charge in [0, 0.05) is 39.4 Å². The number of furan rings is 1. The monoisotopic (exact) mass is 332 g/mol. The standard InChI is InChI=1S/C15H16N4O5/c1-17-9-10(15(22)23)12(16-17)14(21)19-6-4-18(5-7-19)13(20)11-3-2-8-24-11/h2-3,8-9H,4-7H2,1H3,(H,22,23). The van der Waals surface area contributed by atoms with E-state index in [0.717, 1.165) is 0 Å². The number of nitrogens with zero attached hydrogens (tertiary/aromatic N) is 4. The number of hydrogen-bond acceptors (Lipinski definition) is 5. The van der Waals surface area contributed by atoms with Crippen LogP contribution < -0.4 is 0 Å². The number of piperazine rings is 1. The molecule has 1 aliphatic rings. The maximum absolute atomic E-state index is 12.5. The Balaban J connectivity index is 1.67. The highest BCUT2D eigenvalue weighted by molar-refractivity contribution is 6.03. The van der Waals surface area contributed by atoms with Crippen LogP contribution in [0.5, 0.6) is 0 Å². The number of carboxylic acids is 1. The quantitative estimate of drug-likeness (QED) is 0.866. The first-order valence-electron chi connectivity index (χ1n) is 7.36. The van der Waals surface area contributed by atoms with Crippen LogP contribution >= 0.6 is 0 Å². The Kier molecular flexibility index (Phi) is 4.07. The SMILES string of the molecule is Cn1cc(C(=O)O)c(C(=O)N2CCN(C(=O)c3ccco3)CC2)n1. The van der Waals surface area contributed by atoms with Crippen molar-refractivity contribution in [1.29, 1.82) is 0 Å². The van der Waals surface area contributed by atoms with Gasteiger partial charge in [0.2, 0.25) is 0 Å². The van der Waals surface area contributed by atoms with E-state index in [9.17, 15) is 14.4 Å². The van der Waals surface area contributed by atoms with Gasteiger partial charge < -0.3 is 19.3 Å². The summed E-state index contributed by atoms with van der Waals surface area (Å²) < 4.78 is 6.39. The zero-order chi connectivity index (χ0) is 17.3. The number of carboxylic acid groups (broad SMARTS) is 1. The molecule has 126 valence electrons. The average molecular weight is 332 g/mol. The highest BCUT2D eigenvalue weighted by atomic mass is 16.4. The molecule has 0 atom stereocenters. The van der Waals surface area contributed by atoms with Crippen LogP contribution in [0.4, 0.5) is 0 Å². The minimum Gasteiger partial charge on any atom is -0.478 e. The lowest BCUT2D eigenvalue weighted by Gasteiger charge is -2.34. The summed E-state index contributed by atoms with van der Waals surface area (Å²) in [6.07, 6.45) is 2.73. The Labute approximate surface area is 137 Å². The number of amides is 2. The summed E-state index contributed by atoms with van der Waals surface area (Å²) >= 11 is 0. The number of aromatic nitrogens is 2. The molecule has 1 N–H and O–H groups in total. The van der Waals surface area contributed by atoms with Crippen molar-refractivity contribution in [3.05, 3.63) is 41.6 Å². The Morgan fingerprint density at radius 1 is 1.12 bits per heavy atom. The fraction of sp³-hybridized carbons (Fsp3) is 0.333. The van der Waals surface area contributed by atoms with Crippen molar-refractivity contribution in [3.63, 3.8) is 0 Å². The van der Waals surface area contributed by atoms with Gasteiger partial charge in [0.1, 0.15) is 5.56 Å². The molecule has 2 amide bonds. The Morgan fingerprint density at radius 2 is 1.75 bits per heavy atom. The molecule has 1 fully saturated rings. The topological polar surface area (TPSA) is 109 Å². The fourth-order valence-electron chi connectivity index (χ4n) is 2.62. The maximum atomic E-state index is 12.5. The van der Waals surface area contributed by atoms with Gasteiger partial charge in [-0.3, -0.25) is 14.3 Å². The summed E-state index contributed by atoms with van der Waals surface area (Å²) in [7, 11) is 1.56. The number of carbonyl (C=O) groups excluding carboxylic acids is 2. The number of hydrogen-bond donors (Lipinski definition) is 1. The van der Waals surface area contributed by atoms with E-state index in [1.807, 2.05) is 0 Å². The van der Waals surface area contributed by atoms with Crippen molar-refractivity contribution < 1.29 is 23.9 Å². The fourth-order valence-corrected chi connectivity index (χ4v) is 2.62. The molecule has 0 spiro atoms. The number of rotatable bonds is 3. The largest absolute Gasteiger partial charge is 0.478 e. The normalized spacial score (nSPS) is 14.7. The number of aryl methyl sites for hydroxylation is 1. The zero-order valence-corrected chi connectivity index (χ0v) is 13.0. The van der Waals surface area contributed by atoms with E-state index in [2.05, 4.69) is 5.10 Å². The van der Waals surface area contributed by atoms with Gasteiger partial charge in [0.15, 0.2) is 11.5 Å². The first-order chi connectivity index (χ1) is 11.5. The lowest BCUT2D eigenvalue weighted by atomic mass is 10.2. The third kappa shape index (κ3) is 2.87. The van der Waals surface area contributed by atoms with Crippen molar-refractivity contribution in [1.82, 2.24) is 19.6 Å². The Morgan fingerprint density at radius 3 is 2.29 bits per heavy atom. The molecule has 2 aromatic heterocycles. The number of carbonyl (C=O) groups is 3. The molecule has 9 nitrogen and oxygen atoms in total. The molecule has 0 saturated carbocycles. The van der Waals surface area contributed by atoms with Gasteiger partial charge in [-0.25, -0.2) is 4.79 Å². The maximum Gasteiger partial charge on any atom is 0.339 e. The molecule has 0 unspecified atom stereocenters. The third-order valence-corrected chi connectivity index (χ3v) is 3.85. The van der Waals surface area contributed by atoms with E-state index in [4.69, 9.17) is 9.52 Å². The van der Waals surface area contributed by atoms with E-state index in [1.165, 1.54) is 22.0 Å². The van der Waals surface area contributed by atoms with Gasteiger partial charge in [0.05, 0.1) is 6.26 Å². The predicted molar refractivity (Wildman–Crippen MR) is 80.7 cm³/mol.